The maximum absolute atomic E-state index is 9.44. The summed E-state index contributed by atoms with van der Waals surface area (Å²) in [6.07, 6.45) is 1.81. The number of ketones is 2. The Balaban J connectivity index is 0. The van der Waals surface area contributed by atoms with E-state index in [0.717, 1.165) is 11.3 Å². The molecule has 21 heavy (non-hydrogen) atoms. The van der Waals surface area contributed by atoms with Crippen LogP contribution in [0.4, 0.5) is 0 Å². The van der Waals surface area contributed by atoms with Crippen molar-refractivity contribution in [1.82, 2.24) is 4.98 Å². The Morgan fingerprint density at radius 2 is 1.19 bits per heavy atom. The fourth-order valence-electron chi connectivity index (χ4n) is 1.14. The molecule has 0 aliphatic carbocycles. The summed E-state index contributed by atoms with van der Waals surface area (Å²) in [5.41, 5.74) is 2.19. The van der Waals surface area contributed by atoms with E-state index in [1.54, 1.807) is 0 Å². The smallest absolute Gasteiger partial charge is 0.126 e. The van der Waals surface area contributed by atoms with Crippen molar-refractivity contribution >= 4 is 11.6 Å². The van der Waals surface area contributed by atoms with Gasteiger partial charge in [0.05, 0.1) is 5.69 Å². The summed E-state index contributed by atoms with van der Waals surface area (Å²) in [6, 6.07) is 16.1. The minimum absolute atomic E-state index is 0. The Kier molecular flexibility index (Phi) is 13.8. The first-order chi connectivity index (χ1) is 9.43. The third-order valence-corrected chi connectivity index (χ3v) is 1.73. The number of benzene rings is 1. The fraction of sp³-hybridized carbons (Fsp3) is 0.235. The Labute approximate surface area is 140 Å². The van der Waals surface area contributed by atoms with E-state index in [9.17, 15) is 9.59 Å². The van der Waals surface area contributed by atoms with Crippen LogP contribution in [-0.2, 0) is 29.7 Å². The molecule has 0 saturated heterocycles. The van der Waals surface area contributed by atoms with Crippen molar-refractivity contribution in [1.29, 1.82) is 0 Å². The van der Waals surface area contributed by atoms with Gasteiger partial charge in [-0.3, -0.25) is 4.98 Å². The molecule has 0 aliphatic heterocycles. The van der Waals surface area contributed by atoms with E-state index in [4.69, 9.17) is 0 Å². The van der Waals surface area contributed by atoms with Crippen LogP contribution in [0.1, 0.15) is 27.7 Å². The molecule has 0 spiro atoms. The predicted molar refractivity (Wildman–Crippen MR) is 82.4 cm³/mol. The average molecular weight is 464 g/mol. The van der Waals surface area contributed by atoms with Crippen molar-refractivity contribution in [2.45, 2.75) is 27.7 Å². The van der Waals surface area contributed by atoms with Crippen LogP contribution < -0.4 is 0 Å². The van der Waals surface area contributed by atoms with Crippen molar-refractivity contribution in [2.75, 3.05) is 0 Å². The molecule has 0 saturated carbocycles. The number of aromatic nitrogens is 1. The van der Waals surface area contributed by atoms with Crippen molar-refractivity contribution < 1.29 is 29.7 Å². The van der Waals surface area contributed by atoms with E-state index in [1.165, 1.54) is 27.7 Å². The molecule has 0 fully saturated rings. The summed E-state index contributed by atoms with van der Waals surface area (Å²) in [6.45, 7) is 6.11. The van der Waals surface area contributed by atoms with E-state index in [1.807, 2.05) is 42.6 Å². The second-order valence-electron chi connectivity index (χ2n) is 4.40. The molecule has 3 nitrogen and oxygen atoms in total. The van der Waals surface area contributed by atoms with E-state index < -0.39 is 0 Å². The molecular formula is C17H21IrNO2. The molecule has 4 heteroatoms. The van der Waals surface area contributed by atoms with Gasteiger partial charge in [-0.05, 0) is 39.8 Å². The van der Waals surface area contributed by atoms with Gasteiger partial charge in [0.25, 0.3) is 0 Å². The van der Waals surface area contributed by atoms with Crippen LogP contribution in [0.5, 0.6) is 0 Å². The van der Waals surface area contributed by atoms with Gasteiger partial charge < -0.3 is 9.59 Å². The fourth-order valence-corrected chi connectivity index (χ4v) is 1.14. The molecule has 0 aliphatic rings. The Hall–Kier alpha value is -1.64. The second-order valence-corrected chi connectivity index (χ2v) is 4.40. The van der Waals surface area contributed by atoms with Crippen LogP contribution in [0.15, 0.2) is 54.7 Å². The third-order valence-electron chi connectivity index (χ3n) is 1.73. The quantitative estimate of drug-likeness (QED) is 0.644. The van der Waals surface area contributed by atoms with Gasteiger partial charge in [-0.15, -0.1) is 0 Å². The van der Waals surface area contributed by atoms with Crippen LogP contribution in [0.3, 0.4) is 0 Å². The zero-order valence-corrected chi connectivity index (χ0v) is 15.2. The SMILES string of the molecule is CC(C)=O.CC(C)=O.[Ir].c1ccc(-c2ccccn2)cc1. The van der Waals surface area contributed by atoms with Crippen LogP contribution in [0.25, 0.3) is 11.3 Å². The van der Waals surface area contributed by atoms with Crippen molar-refractivity contribution in [3.8, 4) is 11.3 Å². The number of carbonyl (C=O) groups excluding carboxylic acids is 2. The normalized spacial score (nSPS) is 8.00. The molecule has 115 valence electrons. The third kappa shape index (κ3) is 14.6. The van der Waals surface area contributed by atoms with Crippen LogP contribution in [-0.4, -0.2) is 16.6 Å². The van der Waals surface area contributed by atoms with Crippen molar-refractivity contribution in [3.05, 3.63) is 54.7 Å². The average Bonchev–Trinajstić information content (AvgIpc) is 2.39. The summed E-state index contributed by atoms with van der Waals surface area (Å²) in [5.74, 6) is 0.333. The first kappa shape index (κ1) is 21.7. The summed E-state index contributed by atoms with van der Waals surface area (Å²) in [5, 5.41) is 0. The largest absolute Gasteiger partial charge is 0.300 e. The second kappa shape index (κ2) is 13.3. The molecule has 0 bridgehead atoms. The number of carbonyl (C=O) groups is 2. The first-order valence-corrected chi connectivity index (χ1v) is 6.34. The van der Waals surface area contributed by atoms with Crippen molar-refractivity contribution in [2.24, 2.45) is 0 Å². The van der Waals surface area contributed by atoms with Gasteiger partial charge in [-0.1, -0.05) is 36.4 Å². The number of hydrogen-bond donors (Lipinski definition) is 0. The number of hydrogen-bond acceptors (Lipinski definition) is 3. The zero-order chi connectivity index (χ0) is 15.4. The van der Waals surface area contributed by atoms with Gasteiger partial charge in [0.2, 0.25) is 0 Å². The van der Waals surface area contributed by atoms with Gasteiger partial charge >= 0.3 is 0 Å². The minimum Gasteiger partial charge on any atom is -0.300 e. The standard InChI is InChI=1S/C11H9N.2C3H6O.Ir/c1-2-6-10(7-3-1)11-8-4-5-9-12-11;2*1-3(2)4;/h1-9H;2*1-2H3;. The van der Waals surface area contributed by atoms with Gasteiger partial charge in [-0.2, -0.15) is 0 Å². The van der Waals surface area contributed by atoms with E-state index in [0.29, 0.717) is 0 Å². The maximum Gasteiger partial charge on any atom is 0.126 e. The van der Waals surface area contributed by atoms with Crippen molar-refractivity contribution in [3.63, 3.8) is 0 Å². The molecule has 0 atom stereocenters. The Bertz CT molecular complexity index is 455. The minimum atomic E-state index is 0. The predicted octanol–water partition coefficient (Wildman–Crippen LogP) is 3.94. The van der Waals surface area contributed by atoms with Gasteiger partial charge in [0, 0.05) is 31.9 Å². The molecule has 1 heterocycles. The van der Waals surface area contributed by atoms with E-state index >= 15 is 0 Å². The van der Waals surface area contributed by atoms with E-state index in [2.05, 4.69) is 17.1 Å². The molecule has 2 aromatic rings. The van der Waals surface area contributed by atoms with Gasteiger partial charge in [0.1, 0.15) is 11.6 Å². The molecule has 1 radical (unpaired) electrons. The number of pyridine rings is 1. The topological polar surface area (TPSA) is 47.0 Å². The summed E-state index contributed by atoms with van der Waals surface area (Å²) < 4.78 is 0. The molecule has 1 aromatic heterocycles. The summed E-state index contributed by atoms with van der Waals surface area (Å²) in [7, 11) is 0. The van der Waals surface area contributed by atoms with Crippen LogP contribution in [0.2, 0.25) is 0 Å². The summed E-state index contributed by atoms with van der Waals surface area (Å²) in [4.78, 5) is 23.1. The van der Waals surface area contributed by atoms with Crippen LogP contribution in [0, 0.1) is 0 Å². The first-order valence-electron chi connectivity index (χ1n) is 6.34. The van der Waals surface area contributed by atoms with E-state index in [-0.39, 0.29) is 31.7 Å². The zero-order valence-electron chi connectivity index (χ0n) is 12.8. The number of nitrogens with zero attached hydrogens (tertiary/aromatic N) is 1. The number of rotatable bonds is 1. The summed E-state index contributed by atoms with van der Waals surface area (Å²) >= 11 is 0. The maximum atomic E-state index is 9.44. The molecule has 0 amide bonds. The van der Waals surface area contributed by atoms with Crippen LogP contribution >= 0.6 is 0 Å². The Morgan fingerprint density at radius 3 is 1.57 bits per heavy atom. The molecular weight excluding hydrogens is 442 g/mol. The monoisotopic (exact) mass is 464 g/mol. The Morgan fingerprint density at radius 1 is 0.762 bits per heavy atom. The molecule has 0 unspecified atom stereocenters. The van der Waals surface area contributed by atoms with Gasteiger partial charge in [0.15, 0.2) is 0 Å². The number of Topliss-reactive ketones (excluding diaryl/α,β-unsaturated/α-hetero) is 2. The molecule has 2 rings (SSSR count). The van der Waals surface area contributed by atoms with Gasteiger partial charge in [-0.25, -0.2) is 0 Å². The molecule has 1 aromatic carbocycles. The molecule has 0 N–H and O–H groups in total.